The largest absolute Gasteiger partial charge is 0.481 e. The zero-order chi connectivity index (χ0) is 29.7. The molecule has 0 aliphatic heterocycles. The van der Waals surface area contributed by atoms with Gasteiger partial charge < -0.3 is 30.9 Å². The summed E-state index contributed by atoms with van der Waals surface area (Å²) in [7, 11) is 1.21. The summed E-state index contributed by atoms with van der Waals surface area (Å²) in [5.41, 5.74) is 1.74. The van der Waals surface area contributed by atoms with E-state index in [4.69, 9.17) is 5.11 Å². The Labute approximate surface area is 229 Å². The van der Waals surface area contributed by atoms with Crippen LogP contribution in [0.5, 0.6) is 0 Å². The van der Waals surface area contributed by atoms with E-state index in [-0.39, 0.29) is 25.3 Å². The third-order valence-corrected chi connectivity index (χ3v) is 6.01. The van der Waals surface area contributed by atoms with Crippen LogP contribution in [0.4, 0.5) is 9.18 Å². The van der Waals surface area contributed by atoms with E-state index in [9.17, 15) is 38.6 Å². The van der Waals surface area contributed by atoms with Crippen LogP contribution < -0.4 is 10.6 Å². The first-order valence-corrected chi connectivity index (χ1v) is 12.6. The molecular formula is C25H33FN6O8. The number of aryl methyl sites for hydroxylation is 1. The molecule has 218 valence electrons. The summed E-state index contributed by atoms with van der Waals surface area (Å²) in [6, 6.07) is 2.92. The normalized spacial score (nSPS) is 12.2. The number of urea groups is 1. The molecule has 0 spiro atoms. The third kappa shape index (κ3) is 9.96. The van der Waals surface area contributed by atoms with E-state index in [2.05, 4.69) is 20.9 Å². The number of aromatic nitrogens is 3. The van der Waals surface area contributed by atoms with Crippen molar-refractivity contribution in [2.45, 2.75) is 57.0 Å². The highest BCUT2D eigenvalue weighted by atomic mass is 19.1. The number of alkyl halides is 1. The van der Waals surface area contributed by atoms with Gasteiger partial charge in [-0.15, -0.1) is 5.10 Å². The van der Waals surface area contributed by atoms with Crippen molar-refractivity contribution in [3.63, 3.8) is 0 Å². The first kappa shape index (κ1) is 31.7. The van der Waals surface area contributed by atoms with Crippen molar-refractivity contribution < 1.29 is 43.7 Å². The van der Waals surface area contributed by atoms with E-state index in [0.29, 0.717) is 42.6 Å². The highest BCUT2D eigenvalue weighted by molar-refractivity contribution is 5.94. The van der Waals surface area contributed by atoms with Crippen molar-refractivity contribution in [2.24, 2.45) is 0 Å². The second kappa shape index (κ2) is 15.8. The number of carbonyl (C=O) groups excluding carboxylic acids is 2. The Balaban J connectivity index is 1.80. The van der Waals surface area contributed by atoms with Crippen LogP contribution in [-0.2, 0) is 20.8 Å². The lowest BCUT2D eigenvalue weighted by atomic mass is 10.1. The van der Waals surface area contributed by atoms with Crippen LogP contribution in [0.1, 0.15) is 54.6 Å². The van der Waals surface area contributed by atoms with Crippen LogP contribution in [0.2, 0.25) is 0 Å². The van der Waals surface area contributed by atoms with Crippen molar-refractivity contribution in [3.05, 3.63) is 41.7 Å². The van der Waals surface area contributed by atoms with E-state index in [0.717, 1.165) is 4.90 Å². The van der Waals surface area contributed by atoms with Crippen LogP contribution >= 0.6 is 0 Å². The lowest BCUT2D eigenvalue weighted by Crippen LogP contribution is -2.52. The minimum atomic E-state index is -1.48. The highest BCUT2D eigenvalue weighted by Crippen LogP contribution is 2.12. The molecule has 0 bridgehead atoms. The summed E-state index contributed by atoms with van der Waals surface area (Å²) in [4.78, 5) is 59.4. The van der Waals surface area contributed by atoms with Gasteiger partial charge in [-0.25, -0.2) is 19.1 Å². The number of unbranched alkanes of at least 4 members (excludes halogenated alkanes) is 1. The average molecular weight is 565 g/mol. The molecule has 1 aromatic carbocycles. The maximum Gasteiger partial charge on any atom is 0.326 e. The fourth-order valence-electron chi connectivity index (χ4n) is 3.72. The summed E-state index contributed by atoms with van der Waals surface area (Å²) < 4.78 is 13.9. The van der Waals surface area contributed by atoms with Gasteiger partial charge in [-0.05, 0) is 62.8 Å². The van der Waals surface area contributed by atoms with Crippen LogP contribution in [0.3, 0.4) is 0 Å². The molecule has 1 aromatic heterocycles. The number of amides is 3. The lowest BCUT2D eigenvalue weighted by Gasteiger charge is -2.26. The predicted molar refractivity (Wildman–Crippen MR) is 138 cm³/mol. The molecule has 5 N–H and O–H groups in total. The maximum absolute atomic E-state index is 12.4. The van der Waals surface area contributed by atoms with Gasteiger partial charge in [0.2, 0.25) is 0 Å². The smallest absolute Gasteiger partial charge is 0.326 e. The molecule has 0 saturated carbocycles. The summed E-state index contributed by atoms with van der Waals surface area (Å²) in [5.74, 6) is -4.28. The van der Waals surface area contributed by atoms with Crippen molar-refractivity contribution in [3.8, 4) is 5.69 Å². The van der Waals surface area contributed by atoms with Gasteiger partial charge in [0, 0.05) is 25.6 Å². The Bertz CT molecular complexity index is 1170. The summed E-state index contributed by atoms with van der Waals surface area (Å²) >= 11 is 0. The van der Waals surface area contributed by atoms with E-state index >= 15 is 0 Å². The van der Waals surface area contributed by atoms with E-state index in [1.54, 1.807) is 30.5 Å². The zero-order valence-electron chi connectivity index (χ0n) is 22.0. The molecule has 14 nitrogen and oxygen atoms in total. The van der Waals surface area contributed by atoms with E-state index < -0.39 is 49.1 Å². The first-order valence-electron chi connectivity index (χ1n) is 12.6. The van der Waals surface area contributed by atoms with Crippen LogP contribution in [0, 0.1) is 0 Å². The van der Waals surface area contributed by atoms with Crippen LogP contribution in [-0.4, -0.2) is 97.4 Å². The number of halogens is 1. The number of aliphatic carboxylic acids is 3. The molecule has 2 aromatic rings. The molecule has 0 unspecified atom stereocenters. The lowest BCUT2D eigenvalue weighted by molar-refractivity contribution is -0.142. The van der Waals surface area contributed by atoms with Crippen molar-refractivity contribution in [1.29, 1.82) is 0 Å². The molecule has 0 aliphatic carbocycles. The summed E-state index contributed by atoms with van der Waals surface area (Å²) in [6.45, 7) is -0.183. The zero-order valence-corrected chi connectivity index (χ0v) is 22.0. The number of carboxylic acid groups (broad SMARTS) is 3. The van der Waals surface area contributed by atoms with Gasteiger partial charge >= 0.3 is 23.9 Å². The van der Waals surface area contributed by atoms with E-state index in [1.165, 1.54) is 11.7 Å². The van der Waals surface area contributed by atoms with Crippen LogP contribution in [0.25, 0.3) is 5.69 Å². The Morgan fingerprint density at radius 1 is 1.00 bits per heavy atom. The third-order valence-electron chi connectivity index (χ3n) is 6.01. The number of likely N-dealkylation sites (N-methyl/N-ethyl adjacent to an activating group) is 1. The quantitative estimate of drug-likeness (QED) is 0.175. The number of hydrogen-bond donors (Lipinski definition) is 5. The molecule has 15 heteroatoms. The molecule has 1 heterocycles. The number of carboxylic acids is 3. The fourth-order valence-corrected chi connectivity index (χ4v) is 3.72. The fraction of sp³-hybridized carbons (Fsp3) is 0.480. The van der Waals surface area contributed by atoms with Gasteiger partial charge in [-0.2, -0.15) is 0 Å². The summed E-state index contributed by atoms with van der Waals surface area (Å²) in [5, 5.41) is 40.3. The van der Waals surface area contributed by atoms with Gasteiger partial charge in [-0.1, -0.05) is 5.21 Å². The predicted octanol–water partition coefficient (Wildman–Crippen LogP) is 1.48. The van der Waals surface area contributed by atoms with Gasteiger partial charge in [0.1, 0.15) is 12.1 Å². The average Bonchev–Trinajstić information content (AvgIpc) is 3.39. The number of rotatable bonds is 17. The van der Waals surface area contributed by atoms with Crippen LogP contribution in [0.15, 0.2) is 30.5 Å². The number of benzene rings is 1. The Morgan fingerprint density at radius 2 is 1.70 bits per heavy atom. The van der Waals surface area contributed by atoms with Crippen molar-refractivity contribution >= 4 is 29.8 Å². The van der Waals surface area contributed by atoms with Gasteiger partial charge in [0.25, 0.3) is 5.91 Å². The first-order chi connectivity index (χ1) is 19.0. The Morgan fingerprint density at radius 3 is 2.30 bits per heavy atom. The topological polar surface area (TPSA) is 204 Å². The highest BCUT2D eigenvalue weighted by Gasteiger charge is 2.29. The minimum absolute atomic E-state index is 0.0436. The number of hydrogen-bond acceptors (Lipinski definition) is 7. The number of carbonyl (C=O) groups is 5. The second-order valence-electron chi connectivity index (χ2n) is 8.98. The second-order valence-corrected chi connectivity index (χ2v) is 8.98. The van der Waals surface area contributed by atoms with Crippen molar-refractivity contribution in [1.82, 2.24) is 30.5 Å². The Hall–Kier alpha value is -4.56. The molecule has 0 saturated heterocycles. The van der Waals surface area contributed by atoms with E-state index in [1.807, 2.05) is 0 Å². The van der Waals surface area contributed by atoms with Gasteiger partial charge in [0.05, 0.1) is 24.3 Å². The maximum atomic E-state index is 12.4. The molecular weight excluding hydrogens is 531 g/mol. The monoisotopic (exact) mass is 564 g/mol. The minimum Gasteiger partial charge on any atom is -0.481 e. The summed E-state index contributed by atoms with van der Waals surface area (Å²) in [6.07, 6.45) is 2.50. The molecule has 0 aliphatic rings. The van der Waals surface area contributed by atoms with Crippen molar-refractivity contribution in [2.75, 3.05) is 20.3 Å². The van der Waals surface area contributed by atoms with Gasteiger partial charge in [0.15, 0.2) is 0 Å². The standard InChI is InChI=1S/C25H33FN6O8/c1-31(25(40)28-19(23(36)37)11-12-21(33)34)20(24(38)39)6-2-3-14-27-22(35)16-7-9-18(10-8-16)32-15-17(29-30-32)5-4-13-26/h7-10,15,19-20H,2-6,11-14H2,1H3,(H,27,35)(H,28,40)(H,33,34)(H,36,37)(H,38,39)/t19-,20-/m0/s1. The number of nitrogens with one attached hydrogen (secondary N) is 2. The molecule has 2 rings (SSSR count). The molecule has 2 atom stereocenters. The SMILES string of the molecule is CN(C(=O)N[C@@H](CCC(=O)O)C(=O)O)[C@@H](CCCCNC(=O)c1ccc(-n2cc(CCCF)nn2)cc1)C(=O)O. The molecule has 3 amide bonds. The van der Waals surface area contributed by atoms with Gasteiger partial charge in [-0.3, -0.25) is 14.0 Å². The molecule has 40 heavy (non-hydrogen) atoms. The molecule has 0 radical (unpaired) electrons. The number of nitrogens with zero attached hydrogens (tertiary/aromatic N) is 4. The molecule has 0 fully saturated rings. The Kier molecular flexibility index (Phi) is 12.5.